The van der Waals surface area contributed by atoms with Crippen LogP contribution in [0, 0.1) is 17.8 Å². The van der Waals surface area contributed by atoms with E-state index in [0.29, 0.717) is 36.5 Å². The van der Waals surface area contributed by atoms with Crippen LogP contribution < -0.4 is 15.3 Å². The Hall–Kier alpha value is -0.521. The molecule has 74 heavy (non-hydrogen) atoms. The summed E-state index contributed by atoms with van der Waals surface area (Å²) < 4.78 is 1.43. The van der Waals surface area contributed by atoms with Crippen molar-refractivity contribution in [3.63, 3.8) is 0 Å². The van der Waals surface area contributed by atoms with Crippen molar-refractivity contribution in [1.29, 1.82) is 0 Å². The van der Waals surface area contributed by atoms with E-state index >= 15 is 0 Å². The second-order valence-electron chi connectivity index (χ2n) is 20.7. The zero-order valence-corrected chi connectivity index (χ0v) is 54.5. The molecule has 0 fully saturated rings. The normalized spacial score (nSPS) is 12.5. The topological polar surface area (TPSA) is 120 Å². The third-order valence-electron chi connectivity index (χ3n) is 13.7. The van der Waals surface area contributed by atoms with E-state index in [1.807, 2.05) is 0 Å². The van der Waals surface area contributed by atoms with Crippen LogP contribution in [0.15, 0.2) is 36.5 Å². The molecule has 6 nitrogen and oxygen atoms in total. The molecule has 0 bridgehead atoms. The van der Waals surface area contributed by atoms with E-state index in [9.17, 15) is 29.7 Å². The zero-order chi connectivity index (χ0) is 55.6. The van der Waals surface area contributed by atoms with Crippen molar-refractivity contribution in [1.82, 2.24) is 0 Å². The standard InChI is InChI=1S/3C20H38O2S.C4H9.Sn/c3*1-2-3-4-5-6-7-8-9-10-11-12-13-14-15-16-19(17-18-23)20(21)22;1-3-4-2;/h3*9-10,19,23H,2-8,11-18H2,1H3,(H,21,22);1,3-4H2,2H3;/q;;;;+3/p-3. The molecule has 0 aromatic carbocycles. The minimum absolute atomic E-state index is 0.301. The first kappa shape index (κ1) is 80.0. The monoisotopic (exact) mass is 1200 g/mol. The molecule has 0 rings (SSSR count). The van der Waals surface area contributed by atoms with Gasteiger partial charge in [0.1, 0.15) is 0 Å². The summed E-state index contributed by atoms with van der Waals surface area (Å²) >= 11 is 14.0. The number of rotatable bonds is 53. The van der Waals surface area contributed by atoms with Gasteiger partial charge >= 0.3 is 46.7 Å². The van der Waals surface area contributed by atoms with Gasteiger partial charge in [-0.3, -0.25) is 0 Å². The molecule has 0 amide bonds. The van der Waals surface area contributed by atoms with Gasteiger partial charge in [-0.1, -0.05) is 211 Å². The number of hydrogen-bond acceptors (Lipinski definition) is 9. The molecule has 0 saturated heterocycles. The molecule has 0 N–H and O–H groups in total. The zero-order valence-electron chi connectivity index (χ0n) is 48.9. The summed E-state index contributed by atoms with van der Waals surface area (Å²) in [6, 6.07) is 0. The number of unbranched alkanes of at least 4 members (excludes halogenated alkanes) is 31. The average molecular weight is 1200 g/mol. The average Bonchev–Trinajstić information content (AvgIpc) is 3.38. The van der Waals surface area contributed by atoms with E-state index in [-0.39, 0.29) is 17.8 Å². The van der Waals surface area contributed by atoms with Crippen LogP contribution in [0.2, 0.25) is 4.44 Å². The van der Waals surface area contributed by atoms with Crippen molar-refractivity contribution in [2.45, 2.75) is 315 Å². The van der Waals surface area contributed by atoms with E-state index in [2.05, 4.69) is 102 Å². The molecule has 10 heteroatoms. The molecule has 0 aromatic heterocycles. The van der Waals surface area contributed by atoms with Crippen molar-refractivity contribution in [3.8, 4) is 0 Å². The molecule has 0 saturated carbocycles. The molecular weight excluding hydrogens is 1080 g/mol. The maximum absolute atomic E-state index is 10.9. The SMILES string of the molecule is CCCCCCCCC=CCCCCCCC(CCS)C(=O)[O-].CCCCCCCCC=CCCCCCCC(CCS)C(=O)[O-].CCCCCCCCC=CCCCCCCC(CCS)C(=O)[O-].CCC[CH2][Sn+3]. The Labute approximate surface area is 490 Å². The fourth-order valence-corrected chi connectivity index (χ4v) is 10.6. The maximum atomic E-state index is 10.9. The fraction of sp³-hybridized carbons (Fsp3) is 0.859. The number of allylic oxidation sites excluding steroid dienone is 6. The molecule has 3 atom stereocenters. The summed E-state index contributed by atoms with van der Waals surface area (Å²) in [6.07, 6.45) is 66.2. The van der Waals surface area contributed by atoms with Crippen molar-refractivity contribution in [2.75, 3.05) is 17.3 Å². The molecule has 0 spiro atoms. The molecular formula is C64H120O6S3Sn. The molecule has 0 aromatic rings. The van der Waals surface area contributed by atoms with Crippen molar-refractivity contribution < 1.29 is 29.7 Å². The van der Waals surface area contributed by atoms with Crippen LogP contribution in [-0.2, 0) is 14.4 Å². The third kappa shape index (κ3) is 71.5. The first-order valence-corrected chi connectivity index (χ1v) is 35.0. The predicted molar refractivity (Wildman–Crippen MR) is 331 cm³/mol. The van der Waals surface area contributed by atoms with Crippen molar-refractivity contribution >= 4 is 78.3 Å². The second kappa shape index (κ2) is 72.5. The van der Waals surface area contributed by atoms with Crippen molar-refractivity contribution in [2.24, 2.45) is 17.8 Å². The number of carbonyl (C=O) groups excluding carboxylic acids is 3. The van der Waals surface area contributed by atoms with Gasteiger partial charge in [-0.25, -0.2) is 0 Å². The molecule has 3 unspecified atom stereocenters. The molecule has 0 aliphatic carbocycles. The van der Waals surface area contributed by atoms with Crippen molar-refractivity contribution in [3.05, 3.63) is 36.5 Å². The first-order valence-electron chi connectivity index (χ1n) is 31.1. The van der Waals surface area contributed by atoms with Crippen LogP contribution in [0.1, 0.15) is 310 Å². The summed E-state index contributed by atoms with van der Waals surface area (Å²) in [4.78, 5) is 32.7. The number of carboxylic acid groups (broad SMARTS) is 3. The van der Waals surface area contributed by atoms with E-state index in [1.165, 1.54) is 191 Å². The van der Waals surface area contributed by atoms with E-state index in [0.717, 1.165) is 77.0 Å². The number of carbonyl (C=O) groups is 3. The Morgan fingerprint density at radius 3 is 0.662 bits per heavy atom. The second-order valence-corrected chi connectivity index (χ2v) is 23.5. The van der Waals surface area contributed by atoms with Crippen LogP contribution in [0.25, 0.3) is 0 Å². The molecule has 0 aliphatic heterocycles. The van der Waals surface area contributed by atoms with Crippen LogP contribution in [0.4, 0.5) is 0 Å². The Morgan fingerprint density at radius 2 is 0.500 bits per heavy atom. The van der Waals surface area contributed by atoms with Crippen LogP contribution in [-0.4, -0.2) is 57.7 Å². The van der Waals surface area contributed by atoms with Crippen LogP contribution >= 0.6 is 37.9 Å². The molecule has 0 heterocycles. The third-order valence-corrected chi connectivity index (χ3v) is 15.4. The van der Waals surface area contributed by atoms with Gasteiger partial charge < -0.3 is 29.7 Å². The molecule has 434 valence electrons. The predicted octanol–water partition coefficient (Wildman–Crippen LogP) is 17.3. The van der Waals surface area contributed by atoms with Gasteiger partial charge in [0.2, 0.25) is 0 Å². The van der Waals surface area contributed by atoms with E-state index in [1.54, 1.807) is 22.5 Å². The number of aliphatic carboxylic acids is 3. The Balaban J connectivity index is -0.000000473. The van der Waals surface area contributed by atoms with Gasteiger partial charge in [0.05, 0.1) is 0 Å². The minimum atomic E-state index is -0.906. The number of carboxylic acids is 3. The first-order chi connectivity index (χ1) is 36.1. The van der Waals surface area contributed by atoms with Gasteiger partial charge in [-0.15, -0.1) is 0 Å². The Kier molecular flexibility index (Phi) is 78.3. The summed E-state index contributed by atoms with van der Waals surface area (Å²) in [5, 5.41) is 32.7. The Morgan fingerprint density at radius 1 is 0.311 bits per heavy atom. The molecule has 0 aliphatic rings. The van der Waals surface area contributed by atoms with Gasteiger partial charge in [-0.05, 0) is 151 Å². The number of hydrogen-bond donors (Lipinski definition) is 3. The quantitative estimate of drug-likeness (QED) is 0.0241. The summed E-state index contributed by atoms with van der Waals surface area (Å²) in [7, 11) is 0. The van der Waals surface area contributed by atoms with Gasteiger partial charge in [0, 0.05) is 17.9 Å². The van der Waals surface area contributed by atoms with Crippen LogP contribution in [0.5, 0.6) is 0 Å². The van der Waals surface area contributed by atoms with Gasteiger partial charge in [0.25, 0.3) is 0 Å². The van der Waals surface area contributed by atoms with Gasteiger partial charge in [-0.2, -0.15) is 37.9 Å². The van der Waals surface area contributed by atoms with E-state index in [4.69, 9.17) is 0 Å². The van der Waals surface area contributed by atoms with Gasteiger partial charge in [0.15, 0.2) is 0 Å². The fourth-order valence-electron chi connectivity index (χ4n) is 8.64. The van der Waals surface area contributed by atoms with Crippen LogP contribution in [0.3, 0.4) is 0 Å². The summed E-state index contributed by atoms with van der Waals surface area (Å²) in [5.41, 5.74) is 0. The summed E-state index contributed by atoms with van der Waals surface area (Å²) in [6.45, 7) is 9.00. The summed E-state index contributed by atoms with van der Waals surface area (Å²) in [5.74, 6) is -1.74. The van der Waals surface area contributed by atoms with E-state index < -0.39 is 17.9 Å². The Bertz CT molecular complexity index is 1060. The number of thiol groups is 3. The molecule has 0 radical (unpaired) electrons.